The summed E-state index contributed by atoms with van der Waals surface area (Å²) >= 11 is 7.14. The quantitative estimate of drug-likeness (QED) is 0.696. The smallest absolute Gasteiger partial charge is 0.147 e. The van der Waals surface area contributed by atoms with Crippen LogP contribution < -0.4 is 10.1 Å². The van der Waals surface area contributed by atoms with Gasteiger partial charge in [-0.25, -0.2) is 0 Å². The van der Waals surface area contributed by atoms with Gasteiger partial charge in [0.05, 0.1) is 27.0 Å². The highest BCUT2D eigenvalue weighted by atomic mass is 79.9. The Balaban J connectivity index is 1.94. The van der Waals surface area contributed by atoms with Gasteiger partial charge >= 0.3 is 0 Å². The molecule has 0 amide bonds. The van der Waals surface area contributed by atoms with Gasteiger partial charge in [0, 0.05) is 12.6 Å². The summed E-state index contributed by atoms with van der Waals surface area (Å²) in [6.45, 7) is 5.25. The molecular formula is C16H20Br2N2O. The number of halogens is 2. The van der Waals surface area contributed by atoms with Crippen LogP contribution in [0.4, 0.5) is 0 Å². The van der Waals surface area contributed by atoms with Crippen molar-refractivity contribution in [3.05, 3.63) is 26.6 Å². The fourth-order valence-electron chi connectivity index (χ4n) is 1.87. The average molecular weight is 416 g/mol. The van der Waals surface area contributed by atoms with Crippen LogP contribution in [0.1, 0.15) is 38.7 Å². The van der Waals surface area contributed by atoms with E-state index in [-0.39, 0.29) is 5.41 Å². The van der Waals surface area contributed by atoms with Gasteiger partial charge in [0.1, 0.15) is 5.75 Å². The summed E-state index contributed by atoms with van der Waals surface area (Å²) in [4.78, 5) is 0. The molecule has 1 N–H and O–H groups in total. The van der Waals surface area contributed by atoms with E-state index < -0.39 is 0 Å². The molecule has 0 aromatic heterocycles. The van der Waals surface area contributed by atoms with Crippen LogP contribution in [-0.2, 0) is 6.54 Å². The van der Waals surface area contributed by atoms with E-state index in [2.05, 4.69) is 55.4 Å². The van der Waals surface area contributed by atoms with Gasteiger partial charge in [-0.1, -0.05) is 0 Å². The van der Waals surface area contributed by atoms with Crippen LogP contribution >= 0.6 is 31.9 Å². The second-order valence-electron chi connectivity index (χ2n) is 6.14. The predicted octanol–water partition coefficient (Wildman–Crippen LogP) is 4.78. The lowest BCUT2D eigenvalue weighted by molar-refractivity contribution is 0.261. The number of rotatable bonds is 7. The SMILES string of the molecule is CC(C)(C#N)CCOc1c(Br)cc(CNC2CC2)cc1Br. The standard InChI is InChI=1S/C16H20Br2N2O/c1-16(2,10-19)5-6-21-15-13(17)7-11(8-14(15)18)9-20-12-3-4-12/h7-8,12,20H,3-6,9H2,1-2H3. The summed E-state index contributed by atoms with van der Waals surface area (Å²) in [6.07, 6.45) is 3.28. The zero-order chi connectivity index (χ0) is 15.5. The van der Waals surface area contributed by atoms with Crippen LogP contribution in [0.25, 0.3) is 0 Å². The van der Waals surface area contributed by atoms with Gasteiger partial charge in [-0.3, -0.25) is 0 Å². The lowest BCUT2D eigenvalue weighted by Crippen LogP contribution is -2.15. The lowest BCUT2D eigenvalue weighted by atomic mass is 9.92. The molecular weight excluding hydrogens is 396 g/mol. The zero-order valence-electron chi connectivity index (χ0n) is 12.4. The molecule has 1 saturated carbocycles. The molecule has 1 aromatic carbocycles. The van der Waals surface area contributed by atoms with Crippen molar-refractivity contribution in [1.29, 1.82) is 5.26 Å². The Kier molecular flexibility index (Phi) is 5.70. The molecule has 21 heavy (non-hydrogen) atoms. The Hall–Kier alpha value is -0.570. The number of ether oxygens (including phenoxy) is 1. The minimum Gasteiger partial charge on any atom is -0.491 e. The van der Waals surface area contributed by atoms with E-state index in [1.54, 1.807) is 0 Å². The highest BCUT2D eigenvalue weighted by molar-refractivity contribution is 9.11. The van der Waals surface area contributed by atoms with E-state index in [9.17, 15) is 0 Å². The number of hydrogen-bond donors (Lipinski definition) is 1. The highest BCUT2D eigenvalue weighted by Gasteiger charge is 2.21. The molecule has 1 aliphatic carbocycles. The molecule has 114 valence electrons. The minimum atomic E-state index is -0.354. The Morgan fingerprint density at radius 3 is 2.48 bits per heavy atom. The summed E-state index contributed by atoms with van der Waals surface area (Å²) in [6, 6.07) is 7.16. The topological polar surface area (TPSA) is 45.0 Å². The maximum atomic E-state index is 9.01. The maximum absolute atomic E-state index is 9.01. The normalized spacial score (nSPS) is 14.8. The number of nitriles is 1. The van der Waals surface area contributed by atoms with Gasteiger partial charge in [0.2, 0.25) is 0 Å². The Morgan fingerprint density at radius 1 is 1.33 bits per heavy atom. The molecule has 0 spiro atoms. The van der Waals surface area contributed by atoms with Gasteiger partial charge in [-0.15, -0.1) is 0 Å². The first-order valence-electron chi connectivity index (χ1n) is 7.16. The molecule has 0 heterocycles. The monoisotopic (exact) mass is 414 g/mol. The summed E-state index contributed by atoms with van der Waals surface area (Å²) in [5, 5.41) is 12.5. The molecule has 3 nitrogen and oxygen atoms in total. The first-order chi connectivity index (χ1) is 9.91. The minimum absolute atomic E-state index is 0.354. The zero-order valence-corrected chi connectivity index (χ0v) is 15.6. The summed E-state index contributed by atoms with van der Waals surface area (Å²) in [5.41, 5.74) is 0.873. The fourth-order valence-corrected chi connectivity index (χ4v) is 3.38. The molecule has 0 atom stereocenters. The van der Waals surface area contributed by atoms with Crippen LogP contribution in [0.15, 0.2) is 21.1 Å². The van der Waals surface area contributed by atoms with Crippen LogP contribution in [0.3, 0.4) is 0 Å². The third-order valence-electron chi connectivity index (χ3n) is 3.51. The summed E-state index contributed by atoms with van der Waals surface area (Å²) in [5.74, 6) is 0.805. The molecule has 1 fully saturated rings. The van der Waals surface area contributed by atoms with Crippen LogP contribution in [0.5, 0.6) is 5.75 Å². The van der Waals surface area contributed by atoms with Crippen LogP contribution in [0.2, 0.25) is 0 Å². The van der Waals surface area contributed by atoms with Crippen LogP contribution in [0, 0.1) is 16.7 Å². The van der Waals surface area contributed by atoms with E-state index in [1.165, 1.54) is 18.4 Å². The second kappa shape index (κ2) is 7.13. The Labute approximate surface area is 143 Å². The van der Waals surface area contributed by atoms with Gasteiger partial charge in [0.25, 0.3) is 0 Å². The molecule has 0 aliphatic heterocycles. The third-order valence-corrected chi connectivity index (χ3v) is 4.68. The largest absolute Gasteiger partial charge is 0.491 e. The van der Waals surface area contributed by atoms with Gasteiger partial charge < -0.3 is 10.1 Å². The second-order valence-corrected chi connectivity index (χ2v) is 7.85. The number of nitrogens with one attached hydrogen (secondary N) is 1. The molecule has 0 radical (unpaired) electrons. The Bertz CT molecular complexity index is 525. The van der Waals surface area contributed by atoms with Crippen molar-refractivity contribution < 1.29 is 4.74 Å². The molecule has 0 saturated heterocycles. The third kappa shape index (κ3) is 5.28. The summed E-state index contributed by atoms with van der Waals surface area (Å²) in [7, 11) is 0. The maximum Gasteiger partial charge on any atom is 0.147 e. The first-order valence-corrected chi connectivity index (χ1v) is 8.75. The van der Waals surface area contributed by atoms with Crippen molar-refractivity contribution in [2.45, 2.75) is 45.7 Å². The van der Waals surface area contributed by atoms with E-state index in [1.807, 2.05) is 13.8 Å². The van der Waals surface area contributed by atoms with Gasteiger partial charge in [-0.2, -0.15) is 5.26 Å². The van der Waals surface area contributed by atoms with Crippen molar-refractivity contribution in [2.75, 3.05) is 6.61 Å². The number of benzene rings is 1. The Morgan fingerprint density at radius 2 is 1.95 bits per heavy atom. The van der Waals surface area contributed by atoms with Crippen molar-refractivity contribution in [3.8, 4) is 11.8 Å². The first kappa shape index (κ1) is 16.8. The number of hydrogen-bond acceptors (Lipinski definition) is 3. The molecule has 0 bridgehead atoms. The van der Waals surface area contributed by atoms with Crippen molar-refractivity contribution in [3.63, 3.8) is 0 Å². The van der Waals surface area contributed by atoms with E-state index in [0.29, 0.717) is 19.1 Å². The van der Waals surface area contributed by atoms with Gasteiger partial charge in [-0.05, 0) is 82.7 Å². The number of nitrogens with zero attached hydrogens (tertiary/aromatic N) is 1. The van der Waals surface area contributed by atoms with E-state index in [0.717, 1.165) is 21.2 Å². The molecule has 2 rings (SSSR count). The molecule has 0 unspecified atom stereocenters. The molecule has 1 aliphatic rings. The molecule has 5 heteroatoms. The van der Waals surface area contributed by atoms with Gasteiger partial charge in [0.15, 0.2) is 0 Å². The van der Waals surface area contributed by atoms with Crippen molar-refractivity contribution in [1.82, 2.24) is 5.32 Å². The predicted molar refractivity (Wildman–Crippen MR) is 91.2 cm³/mol. The lowest BCUT2D eigenvalue weighted by Gasteiger charge is -2.17. The molecule has 1 aromatic rings. The highest BCUT2D eigenvalue weighted by Crippen LogP contribution is 2.35. The summed E-state index contributed by atoms with van der Waals surface area (Å²) < 4.78 is 7.72. The van der Waals surface area contributed by atoms with Crippen molar-refractivity contribution >= 4 is 31.9 Å². The van der Waals surface area contributed by atoms with E-state index in [4.69, 9.17) is 10.00 Å². The van der Waals surface area contributed by atoms with Crippen molar-refractivity contribution in [2.24, 2.45) is 5.41 Å². The van der Waals surface area contributed by atoms with E-state index >= 15 is 0 Å². The van der Waals surface area contributed by atoms with Crippen LogP contribution in [-0.4, -0.2) is 12.6 Å². The average Bonchev–Trinajstić information content (AvgIpc) is 3.23. The fraction of sp³-hybridized carbons (Fsp3) is 0.562.